The lowest BCUT2D eigenvalue weighted by Crippen LogP contribution is -2.02. The van der Waals surface area contributed by atoms with Crippen LogP contribution in [-0.2, 0) is 11.3 Å². The average molecular weight is 274 g/mol. The number of halogens is 1. The number of hydrogen-bond acceptors (Lipinski definition) is 3. The standard InChI is InChI=1S/C16H15FO3/c1-11-3-8-14(9-15(11)17)20-10-12-4-6-13(7-5-12)16(18)19-2/h3-9H,10H2,1-2H3. The summed E-state index contributed by atoms with van der Waals surface area (Å²) >= 11 is 0. The second-order valence-corrected chi connectivity index (χ2v) is 4.39. The summed E-state index contributed by atoms with van der Waals surface area (Å²) in [6.07, 6.45) is 0. The molecule has 20 heavy (non-hydrogen) atoms. The van der Waals surface area contributed by atoms with Crippen molar-refractivity contribution < 1.29 is 18.7 Å². The van der Waals surface area contributed by atoms with E-state index in [1.54, 1.807) is 43.3 Å². The van der Waals surface area contributed by atoms with E-state index < -0.39 is 0 Å². The first-order chi connectivity index (χ1) is 9.60. The molecule has 0 amide bonds. The largest absolute Gasteiger partial charge is 0.489 e. The van der Waals surface area contributed by atoms with Crippen LogP contribution in [0.1, 0.15) is 21.5 Å². The number of carbonyl (C=O) groups is 1. The molecular weight excluding hydrogens is 259 g/mol. The van der Waals surface area contributed by atoms with E-state index in [1.165, 1.54) is 13.2 Å². The van der Waals surface area contributed by atoms with Crippen molar-refractivity contribution in [3.05, 3.63) is 65.0 Å². The van der Waals surface area contributed by atoms with Crippen molar-refractivity contribution in [1.29, 1.82) is 0 Å². The highest BCUT2D eigenvalue weighted by Gasteiger charge is 2.05. The predicted octanol–water partition coefficient (Wildman–Crippen LogP) is 3.50. The van der Waals surface area contributed by atoms with Gasteiger partial charge in [-0.15, -0.1) is 0 Å². The SMILES string of the molecule is COC(=O)c1ccc(COc2ccc(C)c(F)c2)cc1. The molecule has 2 aromatic rings. The lowest BCUT2D eigenvalue weighted by Gasteiger charge is -2.07. The summed E-state index contributed by atoms with van der Waals surface area (Å²) in [5.41, 5.74) is 1.95. The zero-order valence-electron chi connectivity index (χ0n) is 11.4. The van der Waals surface area contributed by atoms with Crippen molar-refractivity contribution in [1.82, 2.24) is 0 Å². The Balaban J connectivity index is 2.00. The number of esters is 1. The van der Waals surface area contributed by atoms with Crippen molar-refractivity contribution in [3.8, 4) is 5.75 Å². The van der Waals surface area contributed by atoms with Gasteiger partial charge in [-0.3, -0.25) is 0 Å². The molecule has 0 aliphatic heterocycles. The fourth-order valence-corrected chi connectivity index (χ4v) is 1.68. The zero-order valence-corrected chi connectivity index (χ0v) is 11.4. The second kappa shape index (κ2) is 6.19. The van der Waals surface area contributed by atoms with Crippen LogP contribution in [0.2, 0.25) is 0 Å². The van der Waals surface area contributed by atoms with Gasteiger partial charge in [0, 0.05) is 6.07 Å². The van der Waals surface area contributed by atoms with Crippen LogP contribution in [0.15, 0.2) is 42.5 Å². The molecule has 0 saturated carbocycles. The van der Waals surface area contributed by atoms with Crippen LogP contribution in [0.4, 0.5) is 4.39 Å². The Morgan fingerprint density at radius 2 is 1.85 bits per heavy atom. The van der Waals surface area contributed by atoms with E-state index in [0.29, 0.717) is 23.5 Å². The molecule has 0 aromatic heterocycles. The second-order valence-electron chi connectivity index (χ2n) is 4.39. The van der Waals surface area contributed by atoms with Gasteiger partial charge in [-0.05, 0) is 36.2 Å². The number of aryl methyl sites for hydroxylation is 1. The third kappa shape index (κ3) is 3.35. The number of hydrogen-bond donors (Lipinski definition) is 0. The first-order valence-electron chi connectivity index (χ1n) is 6.16. The van der Waals surface area contributed by atoms with Crippen LogP contribution in [0.3, 0.4) is 0 Å². The van der Waals surface area contributed by atoms with Crippen molar-refractivity contribution >= 4 is 5.97 Å². The van der Waals surface area contributed by atoms with E-state index in [4.69, 9.17) is 4.74 Å². The quantitative estimate of drug-likeness (QED) is 0.800. The van der Waals surface area contributed by atoms with Crippen molar-refractivity contribution in [2.75, 3.05) is 7.11 Å². The summed E-state index contributed by atoms with van der Waals surface area (Å²) in [4.78, 5) is 11.3. The van der Waals surface area contributed by atoms with Gasteiger partial charge in [-0.25, -0.2) is 9.18 Å². The molecule has 0 bridgehead atoms. The van der Waals surface area contributed by atoms with Gasteiger partial charge < -0.3 is 9.47 Å². The Morgan fingerprint density at radius 1 is 1.15 bits per heavy atom. The summed E-state index contributed by atoms with van der Waals surface area (Å²) in [5, 5.41) is 0. The maximum absolute atomic E-state index is 13.4. The van der Waals surface area contributed by atoms with Gasteiger partial charge in [0.25, 0.3) is 0 Å². The van der Waals surface area contributed by atoms with E-state index in [2.05, 4.69) is 4.74 Å². The van der Waals surface area contributed by atoms with E-state index >= 15 is 0 Å². The minimum Gasteiger partial charge on any atom is -0.489 e. The molecular formula is C16H15FO3. The van der Waals surface area contributed by atoms with E-state index in [9.17, 15) is 9.18 Å². The maximum atomic E-state index is 13.4. The Bertz CT molecular complexity index is 606. The van der Waals surface area contributed by atoms with Crippen LogP contribution in [-0.4, -0.2) is 13.1 Å². The van der Waals surface area contributed by atoms with Crippen LogP contribution in [0.5, 0.6) is 5.75 Å². The van der Waals surface area contributed by atoms with Crippen molar-refractivity contribution in [2.45, 2.75) is 13.5 Å². The third-order valence-corrected chi connectivity index (χ3v) is 2.92. The fourth-order valence-electron chi connectivity index (χ4n) is 1.68. The Hall–Kier alpha value is -2.36. The molecule has 3 nitrogen and oxygen atoms in total. The molecule has 2 aromatic carbocycles. The molecule has 0 N–H and O–H groups in total. The minimum atomic E-state index is -0.377. The predicted molar refractivity (Wildman–Crippen MR) is 73.3 cm³/mol. The molecule has 0 atom stereocenters. The molecule has 0 aliphatic rings. The van der Waals surface area contributed by atoms with Gasteiger partial charge in [-0.1, -0.05) is 18.2 Å². The molecule has 0 spiro atoms. The van der Waals surface area contributed by atoms with Crippen LogP contribution >= 0.6 is 0 Å². The zero-order chi connectivity index (χ0) is 14.5. The highest BCUT2D eigenvalue weighted by Crippen LogP contribution is 2.17. The number of rotatable bonds is 4. The number of ether oxygens (including phenoxy) is 2. The molecule has 0 aliphatic carbocycles. The van der Waals surface area contributed by atoms with E-state index in [-0.39, 0.29) is 11.8 Å². The topological polar surface area (TPSA) is 35.5 Å². The van der Waals surface area contributed by atoms with Crippen LogP contribution in [0.25, 0.3) is 0 Å². The fraction of sp³-hybridized carbons (Fsp3) is 0.188. The van der Waals surface area contributed by atoms with Gasteiger partial charge in [0.15, 0.2) is 0 Å². The van der Waals surface area contributed by atoms with Crippen LogP contribution in [0, 0.1) is 12.7 Å². The molecule has 0 fully saturated rings. The lowest BCUT2D eigenvalue weighted by molar-refractivity contribution is 0.0600. The maximum Gasteiger partial charge on any atom is 0.337 e. The van der Waals surface area contributed by atoms with Crippen molar-refractivity contribution in [3.63, 3.8) is 0 Å². The molecule has 0 radical (unpaired) electrons. The summed E-state index contributed by atoms with van der Waals surface area (Å²) < 4.78 is 23.5. The van der Waals surface area contributed by atoms with Gasteiger partial charge in [0.1, 0.15) is 18.2 Å². The number of methoxy groups -OCH3 is 1. The summed E-state index contributed by atoms with van der Waals surface area (Å²) in [7, 11) is 1.34. The molecule has 0 unspecified atom stereocenters. The Morgan fingerprint density at radius 3 is 2.45 bits per heavy atom. The monoisotopic (exact) mass is 274 g/mol. The summed E-state index contributed by atoms with van der Waals surface area (Å²) in [6.45, 7) is 2.01. The van der Waals surface area contributed by atoms with Crippen LogP contribution < -0.4 is 4.74 Å². The Kier molecular flexibility index (Phi) is 4.35. The molecule has 0 saturated heterocycles. The smallest absolute Gasteiger partial charge is 0.337 e. The Labute approximate surface area is 117 Å². The first-order valence-corrected chi connectivity index (χ1v) is 6.16. The molecule has 104 valence electrons. The van der Waals surface area contributed by atoms with Crippen molar-refractivity contribution in [2.24, 2.45) is 0 Å². The third-order valence-electron chi connectivity index (χ3n) is 2.92. The van der Waals surface area contributed by atoms with E-state index in [1.807, 2.05) is 0 Å². The lowest BCUT2D eigenvalue weighted by atomic mass is 10.1. The summed E-state index contributed by atoms with van der Waals surface area (Å²) in [6, 6.07) is 11.6. The van der Waals surface area contributed by atoms with Gasteiger partial charge in [0.2, 0.25) is 0 Å². The summed E-state index contributed by atoms with van der Waals surface area (Å²) in [5.74, 6) is -0.188. The normalized spacial score (nSPS) is 10.2. The number of benzene rings is 2. The van der Waals surface area contributed by atoms with Gasteiger partial charge in [0.05, 0.1) is 12.7 Å². The molecule has 4 heteroatoms. The van der Waals surface area contributed by atoms with Gasteiger partial charge in [-0.2, -0.15) is 0 Å². The number of carbonyl (C=O) groups excluding carboxylic acids is 1. The first kappa shape index (κ1) is 14.1. The highest BCUT2D eigenvalue weighted by atomic mass is 19.1. The van der Waals surface area contributed by atoms with Gasteiger partial charge >= 0.3 is 5.97 Å². The molecule has 2 rings (SSSR count). The highest BCUT2D eigenvalue weighted by molar-refractivity contribution is 5.89. The average Bonchev–Trinajstić information content (AvgIpc) is 2.48. The minimum absolute atomic E-state index is 0.288. The molecule has 0 heterocycles. The van der Waals surface area contributed by atoms with E-state index in [0.717, 1.165) is 5.56 Å².